The molecule has 0 saturated heterocycles. The molecule has 5 nitrogen and oxygen atoms in total. The highest BCUT2D eigenvalue weighted by molar-refractivity contribution is 7.89. The number of nitrogens with zero attached hydrogens (tertiary/aromatic N) is 1. The average molecular weight is 379 g/mol. The van der Waals surface area contributed by atoms with Crippen LogP contribution in [0.25, 0.3) is 5.57 Å². The molecule has 2 aliphatic rings. The van der Waals surface area contributed by atoms with Gasteiger partial charge in [-0.1, -0.05) is 54.1 Å². The van der Waals surface area contributed by atoms with Crippen molar-refractivity contribution in [3.8, 4) is 0 Å². The standard InChI is InChI=1S/C21H17NO4S/c1-14-7-9-16(10-8-14)27(25,26)22-13-17(15-5-3-2-4-6-15)20-18(22)11-12-19(23)21(20)24/h2-13,18,20H,1H3. The van der Waals surface area contributed by atoms with Gasteiger partial charge in [0.05, 0.1) is 16.9 Å². The molecule has 0 saturated carbocycles. The van der Waals surface area contributed by atoms with Gasteiger partial charge in [-0.3, -0.25) is 13.9 Å². The summed E-state index contributed by atoms with van der Waals surface area (Å²) in [5.41, 5.74) is 2.22. The van der Waals surface area contributed by atoms with E-state index in [9.17, 15) is 18.0 Å². The van der Waals surface area contributed by atoms with Crippen molar-refractivity contribution in [2.24, 2.45) is 5.92 Å². The summed E-state index contributed by atoms with van der Waals surface area (Å²) in [6.07, 6.45) is 4.16. The number of carbonyl (C=O) groups is 2. The third kappa shape index (κ3) is 2.82. The van der Waals surface area contributed by atoms with E-state index >= 15 is 0 Å². The van der Waals surface area contributed by atoms with Gasteiger partial charge in [0.1, 0.15) is 0 Å². The number of Topliss-reactive ketones (excluding diaryl/α,β-unsaturated/α-hetero) is 1. The Morgan fingerprint density at radius 1 is 0.926 bits per heavy atom. The van der Waals surface area contributed by atoms with Gasteiger partial charge in [0.15, 0.2) is 0 Å². The number of carbonyl (C=O) groups excluding carboxylic acids is 2. The Balaban J connectivity index is 1.86. The first-order valence-electron chi connectivity index (χ1n) is 8.53. The van der Waals surface area contributed by atoms with Crippen molar-refractivity contribution in [1.82, 2.24) is 4.31 Å². The van der Waals surface area contributed by atoms with Gasteiger partial charge in [0.2, 0.25) is 11.6 Å². The molecule has 1 aliphatic heterocycles. The topological polar surface area (TPSA) is 71.5 Å². The molecule has 2 atom stereocenters. The van der Waals surface area contributed by atoms with Crippen LogP contribution in [0.1, 0.15) is 11.1 Å². The Labute approximate surface area is 157 Å². The summed E-state index contributed by atoms with van der Waals surface area (Å²) >= 11 is 0. The lowest BCUT2D eigenvalue weighted by atomic mass is 9.82. The molecule has 0 spiro atoms. The number of aryl methyl sites for hydroxylation is 1. The lowest BCUT2D eigenvalue weighted by Crippen LogP contribution is -2.42. The van der Waals surface area contributed by atoms with Crippen LogP contribution in [0.3, 0.4) is 0 Å². The Morgan fingerprint density at radius 2 is 1.59 bits per heavy atom. The maximum atomic E-state index is 13.2. The fraction of sp³-hybridized carbons (Fsp3) is 0.143. The van der Waals surface area contributed by atoms with E-state index in [2.05, 4.69) is 0 Å². The highest BCUT2D eigenvalue weighted by atomic mass is 32.2. The number of hydrogen-bond acceptors (Lipinski definition) is 4. The zero-order valence-corrected chi connectivity index (χ0v) is 15.4. The summed E-state index contributed by atoms with van der Waals surface area (Å²) in [5, 5.41) is 0. The number of allylic oxidation sites excluding steroid dienone is 1. The molecule has 0 radical (unpaired) electrons. The molecule has 27 heavy (non-hydrogen) atoms. The molecule has 0 N–H and O–H groups in total. The molecular weight excluding hydrogens is 362 g/mol. The van der Waals surface area contributed by atoms with Crippen LogP contribution in [0.4, 0.5) is 0 Å². The first-order chi connectivity index (χ1) is 12.9. The van der Waals surface area contributed by atoms with E-state index in [-0.39, 0.29) is 4.90 Å². The summed E-state index contributed by atoms with van der Waals surface area (Å²) in [6.45, 7) is 1.88. The van der Waals surface area contributed by atoms with Gasteiger partial charge in [-0.05, 0) is 36.3 Å². The lowest BCUT2D eigenvalue weighted by molar-refractivity contribution is -0.136. The largest absolute Gasteiger partial charge is 0.290 e. The van der Waals surface area contributed by atoms with E-state index in [4.69, 9.17) is 0 Å². The smallest absolute Gasteiger partial charge is 0.264 e. The van der Waals surface area contributed by atoms with Crippen LogP contribution in [0.2, 0.25) is 0 Å². The molecule has 1 aliphatic carbocycles. The van der Waals surface area contributed by atoms with Gasteiger partial charge < -0.3 is 0 Å². The van der Waals surface area contributed by atoms with Crippen molar-refractivity contribution in [3.63, 3.8) is 0 Å². The SMILES string of the molecule is Cc1ccc(S(=O)(=O)N2C=C(c3ccccc3)C3C(=O)C(=O)C=CC32)cc1. The maximum absolute atomic E-state index is 13.2. The highest BCUT2D eigenvalue weighted by Crippen LogP contribution is 2.41. The van der Waals surface area contributed by atoms with Gasteiger partial charge in [-0.15, -0.1) is 0 Å². The number of benzene rings is 2. The zero-order valence-electron chi connectivity index (χ0n) is 14.6. The summed E-state index contributed by atoms with van der Waals surface area (Å²) < 4.78 is 27.6. The van der Waals surface area contributed by atoms with Crippen LogP contribution in [0.15, 0.2) is 77.8 Å². The molecular formula is C21H17NO4S. The quantitative estimate of drug-likeness (QED) is 0.769. The van der Waals surface area contributed by atoms with Gasteiger partial charge in [-0.2, -0.15) is 0 Å². The number of ketones is 2. The number of rotatable bonds is 3. The molecule has 1 heterocycles. The highest BCUT2D eigenvalue weighted by Gasteiger charge is 2.47. The third-order valence-electron chi connectivity index (χ3n) is 4.91. The van der Waals surface area contributed by atoms with E-state index in [0.29, 0.717) is 5.57 Å². The van der Waals surface area contributed by atoms with Gasteiger partial charge in [0, 0.05) is 6.20 Å². The summed E-state index contributed by atoms with van der Waals surface area (Å²) in [5.74, 6) is -2.02. The number of hydrogen-bond donors (Lipinski definition) is 0. The molecule has 6 heteroatoms. The Bertz CT molecular complexity index is 1080. The second kappa shape index (κ2) is 6.32. The Hall–Kier alpha value is -2.99. The second-order valence-corrected chi connectivity index (χ2v) is 8.50. The zero-order chi connectivity index (χ0) is 19.2. The predicted octanol–water partition coefficient (Wildman–Crippen LogP) is 2.73. The van der Waals surface area contributed by atoms with Crippen molar-refractivity contribution in [2.75, 3.05) is 0 Å². The molecule has 0 aromatic heterocycles. The molecule has 2 aromatic carbocycles. The lowest BCUT2D eigenvalue weighted by Gasteiger charge is -2.28. The summed E-state index contributed by atoms with van der Waals surface area (Å²) in [6, 6.07) is 14.9. The van der Waals surface area contributed by atoms with Gasteiger partial charge in [0.25, 0.3) is 10.0 Å². The molecule has 0 amide bonds. The first kappa shape index (κ1) is 17.4. The minimum atomic E-state index is -3.87. The molecule has 0 fully saturated rings. The molecule has 4 rings (SSSR count). The first-order valence-corrected chi connectivity index (χ1v) is 9.97. The van der Waals surface area contributed by atoms with Gasteiger partial charge in [-0.25, -0.2) is 8.42 Å². The third-order valence-corrected chi connectivity index (χ3v) is 6.68. The fourth-order valence-corrected chi connectivity index (χ4v) is 4.98. The minimum absolute atomic E-state index is 0.148. The van der Waals surface area contributed by atoms with Crippen molar-refractivity contribution >= 4 is 27.2 Å². The monoisotopic (exact) mass is 379 g/mol. The summed E-state index contributed by atoms with van der Waals surface area (Å²) in [4.78, 5) is 24.7. The van der Waals surface area contributed by atoms with Crippen LogP contribution >= 0.6 is 0 Å². The van der Waals surface area contributed by atoms with Crippen molar-refractivity contribution in [3.05, 3.63) is 84.1 Å². The molecule has 2 aromatic rings. The van der Waals surface area contributed by atoms with E-state index < -0.39 is 33.5 Å². The Kier molecular flexibility index (Phi) is 4.08. The van der Waals surface area contributed by atoms with Crippen molar-refractivity contribution in [1.29, 1.82) is 0 Å². The summed E-state index contributed by atoms with van der Waals surface area (Å²) in [7, 11) is -3.87. The maximum Gasteiger partial charge on any atom is 0.264 e. The Morgan fingerprint density at radius 3 is 2.26 bits per heavy atom. The van der Waals surface area contributed by atoms with E-state index in [1.54, 1.807) is 36.4 Å². The van der Waals surface area contributed by atoms with Crippen molar-refractivity contribution < 1.29 is 18.0 Å². The second-order valence-electron chi connectivity index (χ2n) is 6.65. The molecule has 136 valence electrons. The minimum Gasteiger partial charge on any atom is -0.290 e. The van der Waals surface area contributed by atoms with Crippen LogP contribution in [-0.4, -0.2) is 30.3 Å². The molecule has 2 unspecified atom stereocenters. The van der Waals surface area contributed by atoms with E-state index in [1.165, 1.54) is 22.7 Å². The van der Waals surface area contributed by atoms with E-state index in [0.717, 1.165) is 11.1 Å². The van der Waals surface area contributed by atoms with Crippen molar-refractivity contribution in [2.45, 2.75) is 17.9 Å². The fourth-order valence-electron chi connectivity index (χ4n) is 3.49. The van der Waals surface area contributed by atoms with Crippen LogP contribution in [-0.2, 0) is 19.6 Å². The number of sulfonamides is 1. The average Bonchev–Trinajstić information content (AvgIpc) is 3.07. The predicted molar refractivity (Wildman–Crippen MR) is 101 cm³/mol. The van der Waals surface area contributed by atoms with Crippen LogP contribution in [0, 0.1) is 12.8 Å². The number of fused-ring (bicyclic) bond motifs is 1. The van der Waals surface area contributed by atoms with Crippen LogP contribution < -0.4 is 0 Å². The normalized spacial score (nSPS) is 22.0. The van der Waals surface area contributed by atoms with E-state index in [1.807, 2.05) is 25.1 Å². The van der Waals surface area contributed by atoms with Crippen LogP contribution in [0.5, 0.6) is 0 Å². The van der Waals surface area contributed by atoms with Gasteiger partial charge >= 0.3 is 0 Å². The molecule has 0 bridgehead atoms.